The first-order valence-electron chi connectivity index (χ1n) is 9.89. The Kier molecular flexibility index (Phi) is 5.83. The Balaban J connectivity index is 1.31. The van der Waals surface area contributed by atoms with Gasteiger partial charge in [0.05, 0.1) is 11.8 Å². The number of carbonyl (C=O) groups excluding carboxylic acids is 1. The van der Waals surface area contributed by atoms with Gasteiger partial charge in [0.15, 0.2) is 11.5 Å². The second-order valence-corrected chi connectivity index (χ2v) is 9.38. The lowest BCUT2D eigenvalue weighted by Gasteiger charge is -2.34. The summed E-state index contributed by atoms with van der Waals surface area (Å²) in [7, 11) is -3.41. The molecular formula is C21H25N3O5S. The summed E-state index contributed by atoms with van der Waals surface area (Å²) >= 11 is 0. The van der Waals surface area contributed by atoms with E-state index >= 15 is 0 Å². The van der Waals surface area contributed by atoms with Crippen LogP contribution in [0.3, 0.4) is 0 Å². The molecule has 0 bridgehead atoms. The number of piperazine rings is 1. The summed E-state index contributed by atoms with van der Waals surface area (Å²) in [4.78, 5) is 14.3. The van der Waals surface area contributed by atoms with Gasteiger partial charge < -0.3 is 19.7 Å². The molecule has 1 N–H and O–H groups in total. The number of ether oxygens (including phenoxy) is 2. The minimum atomic E-state index is -3.41. The molecule has 2 aliphatic rings. The van der Waals surface area contributed by atoms with Crippen molar-refractivity contribution in [1.29, 1.82) is 0 Å². The highest BCUT2D eigenvalue weighted by Gasteiger charge is 2.29. The molecule has 1 fully saturated rings. The fourth-order valence-corrected chi connectivity index (χ4v) is 5.10. The molecule has 0 saturated carbocycles. The maximum atomic E-state index is 12.7. The number of benzene rings is 2. The van der Waals surface area contributed by atoms with Crippen molar-refractivity contribution < 1.29 is 22.7 Å². The van der Waals surface area contributed by atoms with Crippen molar-refractivity contribution in [2.45, 2.75) is 18.7 Å². The van der Waals surface area contributed by atoms with Gasteiger partial charge in [-0.1, -0.05) is 36.4 Å². The zero-order chi connectivity index (χ0) is 21.1. The average molecular weight is 432 g/mol. The fraction of sp³-hybridized carbons (Fsp3) is 0.381. The monoisotopic (exact) mass is 431 g/mol. The summed E-state index contributed by atoms with van der Waals surface area (Å²) in [6, 6.07) is 14.3. The van der Waals surface area contributed by atoms with Crippen LogP contribution < -0.4 is 14.8 Å². The van der Waals surface area contributed by atoms with E-state index in [9.17, 15) is 13.2 Å². The first-order chi connectivity index (χ1) is 14.4. The molecule has 2 aromatic carbocycles. The third kappa shape index (κ3) is 4.52. The van der Waals surface area contributed by atoms with Gasteiger partial charge in [0, 0.05) is 26.2 Å². The first kappa shape index (κ1) is 20.5. The Bertz CT molecular complexity index is 1000. The normalized spacial score (nSPS) is 17.6. The molecule has 0 spiro atoms. The van der Waals surface area contributed by atoms with Gasteiger partial charge in [0.25, 0.3) is 0 Å². The molecule has 2 amide bonds. The number of carbonyl (C=O) groups is 1. The number of hydrogen-bond acceptors (Lipinski definition) is 5. The number of sulfonamides is 1. The third-order valence-corrected chi connectivity index (χ3v) is 7.20. The highest BCUT2D eigenvalue weighted by molar-refractivity contribution is 7.88. The molecule has 1 saturated heterocycles. The maximum absolute atomic E-state index is 12.7. The van der Waals surface area contributed by atoms with Crippen LogP contribution in [-0.4, -0.2) is 56.6 Å². The first-order valence-corrected chi connectivity index (χ1v) is 11.5. The summed E-state index contributed by atoms with van der Waals surface area (Å²) in [6.07, 6.45) is 0. The van der Waals surface area contributed by atoms with Gasteiger partial charge in [0.1, 0.15) is 0 Å². The van der Waals surface area contributed by atoms with E-state index < -0.39 is 10.0 Å². The number of rotatable bonds is 5. The largest absolute Gasteiger partial charge is 0.454 e. The predicted octanol–water partition coefficient (Wildman–Crippen LogP) is 2.33. The van der Waals surface area contributed by atoms with Gasteiger partial charge in [-0.3, -0.25) is 0 Å². The van der Waals surface area contributed by atoms with Gasteiger partial charge in [-0.15, -0.1) is 0 Å². The van der Waals surface area contributed by atoms with Gasteiger partial charge >= 0.3 is 6.03 Å². The van der Waals surface area contributed by atoms with E-state index in [0.29, 0.717) is 37.7 Å². The van der Waals surface area contributed by atoms with E-state index in [1.807, 2.05) is 43.3 Å². The minimum absolute atomic E-state index is 0.0266. The molecule has 2 aromatic rings. The molecule has 2 heterocycles. The fourth-order valence-electron chi connectivity index (χ4n) is 3.59. The summed E-state index contributed by atoms with van der Waals surface area (Å²) in [6.45, 7) is 3.40. The van der Waals surface area contributed by atoms with Crippen LogP contribution in [0.4, 0.5) is 4.79 Å². The molecular weight excluding hydrogens is 406 g/mol. The summed E-state index contributed by atoms with van der Waals surface area (Å²) in [5.74, 6) is 1.34. The van der Waals surface area contributed by atoms with Gasteiger partial charge in [-0.25, -0.2) is 13.2 Å². The van der Waals surface area contributed by atoms with E-state index in [1.54, 1.807) is 17.0 Å². The molecule has 9 heteroatoms. The van der Waals surface area contributed by atoms with E-state index in [-0.39, 0.29) is 24.6 Å². The Labute approximate surface area is 176 Å². The topological polar surface area (TPSA) is 88.2 Å². The van der Waals surface area contributed by atoms with Crippen molar-refractivity contribution in [3.63, 3.8) is 0 Å². The van der Waals surface area contributed by atoms with Crippen molar-refractivity contribution in [2.24, 2.45) is 0 Å². The highest BCUT2D eigenvalue weighted by atomic mass is 32.2. The zero-order valence-corrected chi connectivity index (χ0v) is 17.6. The van der Waals surface area contributed by atoms with Crippen LogP contribution in [0.2, 0.25) is 0 Å². The van der Waals surface area contributed by atoms with E-state index in [1.165, 1.54) is 4.31 Å². The zero-order valence-electron chi connectivity index (χ0n) is 16.8. The number of nitrogens with one attached hydrogen (secondary N) is 1. The van der Waals surface area contributed by atoms with Crippen molar-refractivity contribution >= 4 is 16.1 Å². The van der Waals surface area contributed by atoms with Crippen LogP contribution in [0.15, 0.2) is 48.5 Å². The molecule has 0 aliphatic carbocycles. The average Bonchev–Trinajstić information content (AvgIpc) is 3.22. The Morgan fingerprint density at radius 2 is 1.73 bits per heavy atom. The van der Waals surface area contributed by atoms with Crippen molar-refractivity contribution in [2.75, 3.05) is 33.0 Å². The molecule has 8 nitrogen and oxygen atoms in total. The second kappa shape index (κ2) is 8.53. The Morgan fingerprint density at radius 3 is 2.47 bits per heavy atom. The third-order valence-electron chi connectivity index (χ3n) is 5.35. The Morgan fingerprint density at radius 1 is 1.03 bits per heavy atom. The lowest BCUT2D eigenvalue weighted by atomic mass is 10.1. The van der Waals surface area contributed by atoms with E-state index in [4.69, 9.17) is 9.47 Å². The molecule has 2 aliphatic heterocycles. The smallest absolute Gasteiger partial charge is 0.317 e. The molecule has 160 valence electrons. The maximum Gasteiger partial charge on any atom is 0.317 e. The molecule has 1 unspecified atom stereocenters. The number of nitrogens with zero attached hydrogens (tertiary/aromatic N) is 2. The molecule has 0 radical (unpaired) electrons. The minimum Gasteiger partial charge on any atom is -0.454 e. The summed E-state index contributed by atoms with van der Waals surface area (Å²) < 4.78 is 37.5. The SMILES string of the molecule is CC(NC(=O)N1CCN(S(=O)(=O)Cc2ccccc2)CC1)c1ccc2c(c1)OCO2. The van der Waals surface area contributed by atoms with Crippen LogP contribution in [0.1, 0.15) is 24.1 Å². The van der Waals surface area contributed by atoms with Gasteiger partial charge in [0.2, 0.25) is 16.8 Å². The van der Waals surface area contributed by atoms with Crippen LogP contribution in [0, 0.1) is 0 Å². The second-order valence-electron chi connectivity index (χ2n) is 7.41. The van der Waals surface area contributed by atoms with Gasteiger partial charge in [-0.2, -0.15) is 4.31 Å². The van der Waals surface area contributed by atoms with Crippen LogP contribution in [0.25, 0.3) is 0 Å². The lowest BCUT2D eigenvalue weighted by molar-refractivity contribution is 0.169. The summed E-state index contributed by atoms with van der Waals surface area (Å²) in [5, 5.41) is 2.97. The number of hydrogen-bond donors (Lipinski definition) is 1. The van der Waals surface area contributed by atoms with E-state index in [0.717, 1.165) is 11.1 Å². The predicted molar refractivity (Wildman–Crippen MR) is 112 cm³/mol. The number of amides is 2. The molecule has 0 aromatic heterocycles. The summed E-state index contributed by atoms with van der Waals surface area (Å²) in [5.41, 5.74) is 1.67. The highest BCUT2D eigenvalue weighted by Crippen LogP contribution is 2.34. The van der Waals surface area contributed by atoms with Crippen molar-refractivity contribution in [3.05, 3.63) is 59.7 Å². The quantitative estimate of drug-likeness (QED) is 0.785. The standard InChI is InChI=1S/C21H25N3O5S/c1-16(18-7-8-19-20(13-18)29-15-28-19)22-21(25)23-9-11-24(12-10-23)30(26,27)14-17-5-3-2-4-6-17/h2-8,13,16H,9-12,14-15H2,1H3,(H,22,25). The molecule has 30 heavy (non-hydrogen) atoms. The van der Waals surface area contributed by atoms with Gasteiger partial charge in [-0.05, 0) is 30.2 Å². The molecule has 1 atom stereocenters. The van der Waals surface area contributed by atoms with Crippen LogP contribution >= 0.6 is 0 Å². The van der Waals surface area contributed by atoms with Crippen LogP contribution in [0.5, 0.6) is 11.5 Å². The molecule has 4 rings (SSSR count). The Hall–Kier alpha value is -2.78. The van der Waals surface area contributed by atoms with Crippen molar-refractivity contribution in [1.82, 2.24) is 14.5 Å². The lowest BCUT2D eigenvalue weighted by Crippen LogP contribution is -2.53. The van der Waals surface area contributed by atoms with Crippen LogP contribution in [-0.2, 0) is 15.8 Å². The number of urea groups is 1. The van der Waals surface area contributed by atoms with E-state index in [2.05, 4.69) is 5.32 Å². The van der Waals surface area contributed by atoms with Crippen molar-refractivity contribution in [3.8, 4) is 11.5 Å². The number of fused-ring (bicyclic) bond motifs is 1.